The lowest BCUT2D eigenvalue weighted by molar-refractivity contribution is 0.421. The zero-order valence-corrected chi connectivity index (χ0v) is 9.72. The molecule has 18 heavy (non-hydrogen) atoms. The predicted molar refractivity (Wildman–Crippen MR) is 69.4 cm³/mol. The Morgan fingerprint density at radius 1 is 1.17 bits per heavy atom. The van der Waals surface area contributed by atoms with Gasteiger partial charge in [0.1, 0.15) is 5.76 Å². The van der Waals surface area contributed by atoms with Gasteiger partial charge in [-0.3, -0.25) is 4.79 Å². The largest absolute Gasteiger partial charge is 0.502 e. The number of aromatic hydroxyl groups is 1. The van der Waals surface area contributed by atoms with Gasteiger partial charge in [0.25, 0.3) is 0 Å². The van der Waals surface area contributed by atoms with Crippen LogP contribution in [0, 0.1) is 0 Å². The lowest BCUT2D eigenvalue weighted by atomic mass is 10.0. The zero-order valence-electron chi connectivity index (χ0n) is 9.72. The minimum absolute atomic E-state index is 0.259. The standard InChI is InChI=1S/C15H12O3/c16-13-11-8-4-5-9-12(11)18-15(14(13)17)10-6-2-1-3-7-10/h1-4,6-8,17H,5,9H2. The third kappa shape index (κ3) is 1.64. The summed E-state index contributed by atoms with van der Waals surface area (Å²) in [4.78, 5) is 12.0. The molecule has 1 aliphatic carbocycles. The van der Waals surface area contributed by atoms with Gasteiger partial charge in [-0.25, -0.2) is 0 Å². The van der Waals surface area contributed by atoms with Gasteiger partial charge in [-0.05, 0) is 6.42 Å². The lowest BCUT2D eigenvalue weighted by Crippen LogP contribution is -2.11. The molecule has 90 valence electrons. The van der Waals surface area contributed by atoms with Crippen molar-refractivity contribution in [3.63, 3.8) is 0 Å². The van der Waals surface area contributed by atoms with E-state index >= 15 is 0 Å². The van der Waals surface area contributed by atoms with Gasteiger partial charge < -0.3 is 9.52 Å². The molecule has 1 heterocycles. The molecule has 1 aromatic heterocycles. The van der Waals surface area contributed by atoms with E-state index in [2.05, 4.69) is 0 Å². The molecule has 3 heteroatoms. The molecule has 1 N–H and O–H groups in total. The van der Waals surface area contributed by atoms with Crippen LogP contribution in [0.3, 0.4) is 0 Å². The molecule has 0 fully saturated rings. The summed E-state index contributed by atoms with van der Waals surface area (Å²) in [5, 5.41) is 9.97. The second-order valence-electron chi connectivity index (χ2n) is 4.25. The first kappa shape index (κ1) is 10.8. The maximum Gasteiger partial charge on any atom is 0.234 e. The van der Waals surface area contributed by atoms with Crippen molar-refractivity contribution in [1.82, 2.24) is 0 Å². The van der Waals surface area contributed by atoms with Crippen molar-refractivity contribution in [2.75, 3.05) is 0 Å². The summed E-state index contributed by atoms with van der Waals surface area (Å²) in [5.74, 6) is 0.598. The van der Waals surface area contributed by atoms with Crippen molar-refractivity contribution in [2.24, 2.45) is 0 Å². The second kappa shape index (κ2) is 4.18. The summed E-state index contributed by atoms with van der Waals surface area (Å²) in [6, 6.07) is 9.17. The van der Waals surface area contributed by atoms with Crippen molar-refractivity contribution in [2.45, 2.75) is 12.8 Å². The molecule has 0 saturated heterocycles. The normalized spacial score (nSPS) is 13.3. The Kier molecular flexibility index (Phi) is 2.52. The van der Waals surface area contributed by atoms with E-state index in [9.17, 15) is 9.90 Å². The molecular weight excluding hydrogens is 228 g/mol. The lowest BCUT2D eigenvalue weighted by Gasteiger charge is -2.12. The Labute approximate surface area is 104 Å². The van der Waals surface area contributed by atoms with E-state index in [-0.39, 0.29) is 16.9 Å². The highest BCUT2D eigenvalue weighted by Crippen LogP contribution is 2.30. The third-order valence-corrected chi connectivity index (χ3v) is 3.06. The van der Waals surface area contributed by atoms with Crippen molar-refractivity contribution in [1.29, 1.82) is 0 Å². The van der Waals surface area contributed by atoms with E-state index in [0.717, 1.165) is 6.42 Å². The highest BCUT2D eigenvalue weighted by molar-refractivity contribution is 5.67. The second-order valence-corrected chi connectivity index (χ2v) is 4.25. The van der Waals surface area contributed by atoms with Gasteiger partial charge in [-0.1, -0.05) is 42.5 Å². The molecule has 0 atom stereocenters. The maximum atomic E-state index is 12.0. The number of allylic oxidation sites excluding steroid dienone is 1. The number of fused-ring (bicyclic) bond motifs is 1. The molecule has 2 aromatic rings. The first-order chi connectivity index (χ1) is 8.77. The summed E-state index contributed by atoms with van der Waals surface area (Å²) in [6.07, 6.45) is 5.19. The van der Waals surface area contributed by atoms with Crippen LogP contribution in [0.4, 0.5) is 0 Å². The maximum absolute atomic E-state index is 12.0. The van der Waals surface area contributed by atoms with E-state index in [1.165, 1.54) is 0 Å². The minimum Gasteiger partial charge on any atom is -0.502 e. The monoisotopic (exact) mass is 240 g/mol. The zero-order chi connectivity index (χ0) is 12.5. The Bertz CT molecular complexity index is 666. The van der Waals surface area contributed by atoms with Crippen molar-refractivity contribution < 1.29 is 9.52 Å². The van der Waals surface area contributed by atoms with Crippen LogP contribution in [-0.4, -0.2) is 5.11 Å². The van der Waals surface area contributed by atoms with Crippen LogP contribution in [0.1, 0.15) is 17.7 Å². The molecule has 0 aliphatic heterocycles. The number of benzene rings is 1. The fourth-order valence-electron chi connectivity index (χ4n) is 2.14. The van der Waals surface area contributed by atoms with E-state index < -0.39 is 0 Å². The SMILES string of the molecule is O=c1c(O)c(-c2ccccc2)oc2c1C=CCC2. The quantitative estimate of drug-likeness (QED) is 0.833. The number of rotatable bonds is 1. The smallest absolute Gasteiger partial charge is 0.234 e. The van der Waals surface area contributed by atoms with Gasteiger partial charge >= 0.3 is 0 Å². The van der Waals surface area contributed by atoms with Crippen LogP contribution in [-0.2, 0) is 6.42 Å². The third-order valence-electron chi connectivity index (χ3n) is 3.06. The van der Waals surface area contributed by atoms with Crippen molar-refractivity contribution in [3.8, 4) is 17.1 Å². The molecule has 0 bridgehead atoms. The predicted octanol–water partition coefficient (Wildman–Crippen LogP) is 2.97. The van der Waals surface area contributed by atoms with Gasteiger partial charge in [0.05, 0.1) is 5.56 Å². The summed E-state index contributed by atoms with van der Waals surface area (Å²) >= 11 is 0. The van der Waals surface area contributed by atoms with Crippen LogP contribution >= 0.6 is 0 Å². The molecule has 3 nitrogen and oxygen atoms in total. The van der Waals surface area contributed by atoms with E-state index in [1.807, 2.05) is 36.4 Å². The highest BCUT2D eigenvalue weighted by Gasteiger charge is 2.19. The molecule has 0 saturated carbocycles. The minimum atomic E-state index is -0.356. The van der Waals surface area contributed by atoms with Crippen molar-refractivity contribution >= 4 is 6.08 Å². The molecule has 0 amide bonds. The van der Waals surface area contributed by atoms with Crippen LogP contribution in [0.2, 0.25) is 0 Å². The fourth-order valence-corrected chi connectivity index (χ4v) is 2.14. The molecule has 0 unspecified atom stereocenters. The van der Waals surface area contributed by atoms with Gasteiger partial charge in [0.15, 0.2) is 5.76 Å². The van der Waals surface area contributed by atoms with Gasteiger partial charge in [0.2, 0.25) is 11.2 Å². The van der Waals surface area contributed by atoms with Gasteiger partial charge in [-0.2, -0.15) is 0 Å². The Hall–Kier alpha value is -2.29. The van der Waals surface area contributed by atoms with E-state index in [1.54, 1.807) is 6.08 Å². The van der Waals surface area contributed by atoms with Crippen LogP contribution in [0.25, 0.3) is 17.4 Å². The Morgan fingerprint density at radius 2 is 1.94 bits per heavy atom. The molecular formula is C15H12O3. The number of hydrogen-bond donors (Lipinski definition) is 1. The Balaban J connectivity index is 2.27. The molecule has 0 spiro atoms. The van der Waals surface area contributed by atoms with E-state index in [4.69, 9.17) is 4.42 Å². The first-order valence-corrected chi connectivity index (χ1v) is 5.88. The van der Waals surface area contributed by atoms with E-state index in [0.29, 0.717) is 23.3 Å². The van der Waals surface area contributed by atoms with Gasteiger partial charge in [-0.15, -0.1) is 0 Å². The molecule has 1 aromatic carbocycles. The fraction of sp³-hybridized carbons (Fsp3) is 0.133. The van der Waals surface area contributed by atoms with Gasteiger partial charge in [0, 0.05) is 12.0 Å². The molecule has 3 rings (SSSR count). The number of aryl methyl sites for hydroxylation is 1. The van der Waals surface area contributed by atoms with Crippen LogP contribution in [0.15, 0.2) is 45.6 Å². The molecule has 1 aliphatic rings. The summed E-state index contributed by atoms with van der Waals surface area (Å²) in [7, 11) is 0. The Morgan fingerprint density at radius 3 is 2.72 bits per heavy atom. The topological polar surface area (TPSA) is 50.4 Å². The highest BCUT2D eigenvalue weighted by atomic mass is 16.4. The first-order valence-electron chi connectivity index (χ1n) is 5.88. The van der Waals surface area contributed by atoms with Crippen LogP contribution in [0.5, 0.6) is 5.75 Å². The van der Waals surface area contributed by atoms with Crippen molar-refractivity contribution in [3.05, 3.63) is 58.0 Å². The number of hydrogen-bond acceptors (Lipinski definition) is 3. The average molecular weight is 240 g/mol. The average Bonchev–Trinajstić information content (AvgIpc) is 2.44. The summed E-state index contributed by atoms with van der Waals surface area (Å²) in [6.45, 7) is 0. The molecule has 0 radical (unpaired) electrons. The summed E-state index contributed by atoms with van der Waals surface area (Å²) in [5.41, 5.74) is 0.828. The van der Waals surface area contributed by atoms with Crippen LogP contribution < -0.4 is 5.43 Å². The summed E-state index contributed by atoms with van der Waals surface area (Å²) < 4.78 is 5.70.